The number of likely N-dealkylation sites (tertiary alicyclic amines) is 1. The molecule has 0 unspecified atom stereocenters. The predicted octanol–water partition coefficient (Wildman–Crippen LogP) is 0.583. The fraction of sp³-hybridized carbons (Fsp3) is 0.529. The number of carbonyl (C=O) groups is 2. The fourth-order valence-corrected chi connectivity index (χ4v) is 2.84. The van der Waals surface area contributed by atoms with Gasteiger partial charge in [-0.15, -0.1) is 0 Å². The van der Waals surface area contributed by atoms with E-state index in [9.17, 15) is 14.7 Å². The van der Waals surface area contributed by atoms with E-state index in [2.05, 4.69) is 5.32 Å². The first-order chi connectivity index (χ1) is 11.0. The highest BCUT2D eigenvalue weighted by atomic mass is 16.5. The lowest BCUT2D eigenvalue weighted by atomic mass is 10.1. The summed E-state index contributed by atoms with van der Waals surface area (Å²) in [4.78, 5) is 25.3. The first kappa shape index (κ1) is 17.3. The van der Waals surface area contributed by atoms with Crippen LogP contribution in [0.3, 0.4) is 0 Å². The van der Waals surface area contributed by atoms with E-state index >= 15 is 0 Å². The highest BCUT2D eigenvalue weighted by molar-refractivity contribution is 5.79. The molecule has 2 amide bonds. The zero-order valence-electron chi connectivity index (χ0n) is 13.6. The van der Waals surface area contributed by atoms with Crippen LogP contribution in [0, 0.1) is 5.92 Å². The summed E-state index contributed by atoms with van der Waals surface area (Å²) in [5.74, 6) is 0.536. The van der Waals surface area contributed by atoms with E-state index in [0.717, 1.165) is 11.3 Å². The standard InChI is InChI=1S/C17H24N2O4/c1-3-23-15-6-4-13(5-7-15)8-17(22)19-9-14(11-20)16(10-19)18-12(2)21/h4-7,14,16,20H,3,8-11H2,1-2H3,(H,18,21)/t14-,16+/m0/s1. The summed E-state index contributed by atoms with van der Waals surface area (Å²) in [5, 5.41) is 12.2. The molecule has 0 aromatic heterocycles. The van der Waals surface area contributed by atoms with Crippen LogP contribution in [0.5, 0.6) is 5.75 Å². The van der Waals surface area contributed by atoms with Crippen LogP contribution in [0.2, 0.25) is 0 Å². The van der Waals surface area contributed by atoms with Crippen LogP contribution in [0.15, 0.2) is 24.3 Å². The Bertz CT molecular complexity index is 544. The quantitative estimate of drug-likeness (QED) is 0.804. The zero-order valence-corrected chi connectivity index (χ0v) is 13.6. The van der Waals surface area contributed by atoms with Crippen molar-refractivity contribution >= 4 is 11.8 Å². The van der Waals surface area contributed by atoms with Crippen LogP contribution in [0.4, 0.5) is 0 Å². The topological polar surface area (TPSA) is 78.9 Å². The Hall–Kier alpha value is -2.08. The molecule has 2 atom stereocenters. The molecule has 1 heterocycles. The van der Waals surface area contributed by atoms with Gasteiger partial charge in [-0.2, -0.15) is 0 Å². The van der Waals surface area contributed by atoms with Crippen molar-refractivity contribution in [1.82, 2.24) is 10.2 Å². The highest BCUT2D eigenvalue weighted by Gasteiger charge is 2.35. The number of benzene rings is 1. The molecule has 23 heavy (non-hydrogen) atoms. The SMILES string of the molecule is CCOc1ccc(CC(=O)N2C[C@@H](CO)[C@H](NC(C)=O)C2)cc1. The molecule has 0 aliphatic carbocycles. The molecule has 1 aromatic carbocycles. The van der Waals surface area contributed by atoms with Gasteiger partial charge in [-0.3, -0.25) is 9.59 Å². The normalized spacial score (nSPS) is 20.4. The van der Waals surface area contributed by atoms with E-state index < -0.39 is 0 Å². The lowest BCUT2D eigenvalue weighted by molar-refractivity contribution is -0.130. The molecule has 1 aromatic rings. The van der Waals surface area contributed by atoms with Crippen molar-refractivity contribution in [3.8, 4) is 5.75 Å². The molecular weight excluding hydrogens is 296 g/mol. The number of hydrogen-bond acceptors (Lipinski definition) is 4. The minimum Gasteiger partial charge on any atom is -0.494 e. The maximum absolute atomic E-state index is 12.4. The fourth-order valence-electron chi connectivity index (χ4n) is 2.84. The molecule has 6 heteroatoms. The van der Waals surface area contributed by atoms with E-state index in [1.165, 1.54) is 6.92 Å². The second-order valence-electron chi connectivity index (χ2n) is 5.80. The molecule has 1 aliphatic heterocycles. The van der Waals surface area contributed by atoms with Gasteiger partial charge in [0.1, 0.15) is 5.75 Å². The van der Waals surface area contributed by atoms with Gasteiger partial charge in [0.25, 0.3) is 0 Å². The van der Waals surface area contributed by atoms with Crippen molar-refractivity contribution < 1.29 is 19.4 Å². The largest absolute Gasteiger partial charge is 0.494 e. The second kappa shape index (κ2) is 7.97. The Morgan fingerprint density at radius 3 is 2.57 bits per heavy atom. The zero-order chi connectivity index (χ0) is 16.8. The third-order valence-electron chi connectivity index (χ3n) is 4.01. The molecule has 1 aliphatic rings. The average molecular weight is 320 g/mol. The molecule has 1 saturated heterocycles. The maximum Gasteiger partial charge on any atom is 0.227 e. The number of nitrogens with one attached hydrogen (secondary N) is 1. The van der Waals surface area contributed by atoms with Crippen molar-refractivity contribution in [1.29, 1.82) is 0 Å². The van der Waals surface area contributed by atoms with E-state index in [1.807, 2.05) is 31.2 Å². The van der Waals surface area contributed by atoms with E-state index in [-0.39, 0.29) is 30.4 Å². The Labute approximate surface area is 136 Å². The minimum atomic E-state index is -0.179. The van der Waals surface area contributed by atoms with Gasteiger partial charge in [0, 0.05) is 32.5 Å². The third-order valence-corrected chi connectivity index (χ3v) is 4.01. The number of aliphatic hydroxyl groups excluding tert-OH is 1. The molecular formula is C17H24N2O4. The summed E-state index contributed by atoms with van der Waals surface area (Å²) in [5.41, 5.74) is 0.918. The lowest BCUT2D eigenvalue weighted by Gasteiger charge is -2.17. The number of aliphatic hydroxyl groups is 1. The van der Waals surface area contributed by atoms with Gasteiger partial charge in [-0.1, -0.05) is 12.1 Å². The minimum absolute atomic E-state index is 0.000428. The van der Waals surface area contributed by atoms with Crippen LogP contribution in [0.25, 0.3) is 0 Å². The Morgan fingerprint density at radius 2 is 2.00 bits per heavy atom. The van der Waals surface area contributed by atoms with Gasteiger partial charge >= 0.3 is 0 Å². The number of ether oxygens (including phenoxy) is 1. The van der Waals surface area contributed by atoms with Gasteiger partial charge in [-0.25, -0.2) is 0 Å². The molecule has 126 valence electrons. The number of hydrogen-bond donors (Lipinski definition) is 2. The van der Waals surface area contributed by atoms with Gasteiger partial charge in [0.15, 0.2) is 0 Å². The number of rotatable bonds is 6. The van der Waals surface area contributed by atoms with Gasteiger partial charge in [-0.05, 0) is 24.6 Å². The smallest absolute Gasteiger partial charge is 0.227 e. The molecule has 0 bridgehead atoms. The predicted molar refractivity (Wildman–Crippen MR) is 86.1 cm³/mol. The maximum atomic E-state index is 12.4. The van der Waals surface area contributed by atoms with Crippen LogP contribution >= 0.6 is 0 Å². The van der Waals surface area contributed by atoms with Crippen LogP contribution < -0.4 is 10.1 Å². The van der Waals surface area contributed by atoms with Crippen LogP contribution in [-0.2, 0) is 16.0 Å². The molecule has 2 N–H and O–H groups in total. The molecule has 2 rings (SSSR count). The molecule has 6 nitrogen and oxygen atoms in total. The van der Waals surface area contributed by atoms with Gasteiger partial charge in [0.2, 0.25) is 11.8 Å². The Balaban J connectivity index is 1.94. The van der Waals surface area contributed by atoms with Crippen LogP contribution in [0.1, 0.15) is 19.4 Å². The number of amides is 2. The van der Waals surface area contributed by atoms with Crippen molar-refractivity contribution in [3.63, 3.8) is 0 Å². The molecule has 0 radical (unpaired) electrons. The first-order valence-electron chi connectivity index (χ1n) is 7.91. The van der Waals surface area contributed by atoms with Crippen molar-refractivity contribution in [3.05, 3.63) is 29.8 Å². The molecule has 0 saturated carbocycles. The Morgan fingerprint density at radius 1 is 1.30 bits per heavy atom. The molecule has 1 fully saturated rings. The monoisotopic (exact) mass is 320 g/mol. The third kappa shape index (κ3) is 4.69. The van der Waals surface area contributed by atoms with E-state index in [1.54, 1.807) is 4.90 Å². The lowest BCUT2D eigenvalue weighted by Crippen LogP contribution is -2.40. The van der Waals surface area contributed by atoms with E-state index in [4.69, 9.17) is 4.74 Å². The summed E-state index contributed by atoms with van der Waals surface area (Å²) < 4.78 is 5.38. The van der Waals surface area contributed by atoms with Crippen LogP contribution in [-0.4, -0.2) is 54.2 Å². The van der Waals surface area contributed by atoms with E-state index in [0.29, 0.717) is 26.1 Å². The highest BCUT2D eigenvalue weighted by Crippen LogP contribution is 2.19. The van der Waals surface area contributed by atoms with Gasteiger partial charge in [0.05, 0.1) is 19.1 Å². The van der Waals surface area contributed by atoms with Gasteiger partial charge < -0.3 is 20.1 Å². The average Bonchev–Trinajstić information content (AvgIpc) is 2.92. The first-order valence-corrected chi connectivity index (χ1v) is 7.91. The summed E-state index contributed by atoms with van der Waals surface area (Å²) in [6.07, 6.45) is 0.303. The summed E-state index contributed by atoms with van der Waals surface area (Å²) >= 11 is 0. The van der Waals surface area contributed by atoms with Crippen molar-refractivity contribution in [2.24, 2.45) is 5.92 Å². The Kier molecular flexibility index (Phi) is 5.98. The summed E-state index contributed by atoms with van der Waals surface area (Å²) in [6, 6.07) is 7.29. The number of nitrogens with zero attached hydrogens (tertiary/aromatic N) is 1. The summed E-state index contributed by atoms with van der Waals surface area (Å²) in [6.45, 7) is 4.85. The summed E-state index contributed by atoms with van der Waals surface area (Å²) in [7, 11) is 0. The molecule has 0 spiro atoms. The van der Waals surface area contributed by atoms with Crippen molar-refractivity contribution in [2.75, 3.05) is 26.3 Å². The number of carbonyl (C=O) groups excluding carboxylic acids is 2. The van der Waals surface area contributed by atoms with Crippen molar-refractivity contribution in [2.45, 2.75) is 26.3 Å². The second-order valence-corrected chi connectivity index (χ2v) is 5.80.